The van der Waals surface area contributed by atoms with Gasteiger partial charge in [0.15, 0.2) is 0 Å². The molecule has 0 fully saturated rings. The standard InChI is InChI=1S/C9H11NO2.C6H7N.C3H8.C2H6/c1-7(11)10-8-3-5-9(12-2)6-4-8;1-6-2-4-7-5-3-6;1-3-2;1-2/h3-6H,1-2H3,(H,10,11);2-5H,1H3;3H2,1-2H3;1-2H3. The van der Waals surface area contributed by atoms with Crippen molar-refractivity contribution >= 4 is 11.6 Å². The van der Waals surface area contributed by atoms with Crippen LogP contribution >= 0.6 is 0 Å². The lowest BCUT2D eigenvalue weighted by atomic mass is 10.3. The Kier molecular flexibility index (Phi) is 16.9. The molecule has 0 aliphatic rings. The molecule has 1 amide bonds. The van der Waals surface area contributed by atoms with E-state index in [1.807, 2.05) is 32.9 Å². The minimum absolute atomic E-state index is 0.0693. The molecule has 2 rings (SSSR count). The summed E-state index contributed by atoms with van der Waals surface area (Å²) in [6.07, 6.45) is 4.82. The van der Waals surface area contributed by atoms with Crippen molar-refractivity contribution in [3.8, 4) is 5.75 Å². The lowest BCUT2D eigenvalue weighted by Crippen LogP contribution is -2.05. The van der Waals surface area contributed by atoms with Gasteiger partial charge in [-0.05, 0) is 48.9 Å². The molecule has 0 bridgehead atoms. The van der Waals surface area contributed by atoms with Crippen LogP contribution in [0.5, 0.6) is 5.75 Å². The maximum absolute atomic E-state index is 10.6. The van der Waals surface area contributed by atoms with Crippen LogP contribution in [-0.2, 0) is 4.79 Å². The second-order valence-electron chi connectivity index (χ2n) is 4.64. The van der Waals surface area contributed by atoms with Gasteiger partial charge in [0, 0.05) is 25.0 Å². The van der Waals surface area contributed by atoms with Crippen LogP contribution in [-0.4, -0.2) is 18.0 Å². The molecule has 0 atom stereocenters. The van der Waals surface area contributed by atoms with Crippen molar-refractivity contribution in [3.05, 3.63) is 54.4 Å². The van der Waals surface area contributed by atoms with Gasteiger partial charge in [0.1, 0.15) is 5.75 Å². The van der Waals surface area contributed by atoms with E-state index in [2.05, 4.69) is 24.1 Å². The van der Waals surface area contributed by atoms with Gasteiger partial charge in [-0.1, -0.05) is 34.1 Å². The van der Waals surface area contributed by atoms with Crippen LogP contribution in [0, 0.1) is 6.92 Å². The zero-order chi connectivity index (χ0) is 18.8. The molecule has 1 aromatic heterocycles. The molecule has 2 aromatic rings. The summed E-state index contributed by atoms with van der Waals surface area (Å²) in [4.78, 5) is 14.5. The average molecular weight is 332 g/mol. The van der Waals surface area contributed by atoms with E-state index in [1.54, 1.807) is 43.8 Å². The van der Waals surface area contributed by atoms with E-state index in [4.69, 9.17) is 4.74 Å². The van der Waals surface area contributed by atoms with Crippen LogP contribution in [0.1, 0.15) is 46.6 Å². The number of hydrogen-bond donors (Lipinski definition) is 1. The zero-order valence-corrected chi connectivity index (χ0v) is 16.1. The van der Waals surface area contributed by atoms with E-state index in [9.17, 15) is 4.79 Å². The first-order valence-corrected chi connectivity index (χ1v) is 8.31. The van der Waals surface area contributed by atoms with Gasteiger partial charge in [0.25, 0.3) is 0 Å². The lowest BCUT2D eigenvalue weighted by Gasteiger charge is -2.02. The molecule has 0 saturated carbocycles. The summed E-state index contributed by atoms with van der Waals surface area (Å²) < 4.78 is 4.96. The number of amides is 1. The first kappa shape index (κ1) is 23.9. The van der Waals surface area contributed by atoms with Crippen molar-refractivity contribution in [1.82, 2.24) is 4.98 Å². The lowest BCUT2D eigenvalue weighted by molar-refractivity contribution is -0.114. The highest BCUT2D eigenvalue weighted by Gasteiger charge is 1.94. The van der Waals surface area contributed by atoms with Crippen LogP contribution in [0.15, 0.2) is 48.8 Å². The summed E-state index contributed by atoms with van der Waals surface area (Å²) in [5, 5.41) is 2.66. The number of aryl methyl sites for hydroxylation is 1. The van der Waals surface area contributed by atoms with E-state index in [0.29, 0.717) is 0 Å². The quantitative estimate of drug-likeness (QED) is 0.791. The number of nitrogens with zero attached hydrogens (tertiary/aromatic N) is 1. The number of benzene rings is 1. The molecular weight excluding hydrogens is 300 g/mol. The molecular formula is C20H32N2O2. The van der Waals surface area contributed by atoms with Gasteiger partial charge >= 0.3 is 0 Å². The Morgan fingerprint density at radius 3 is 1.79 bits per heavy atom. The van der Waals surface area contributed by atoms with Crippen LogP contribution in [0.4, 0.5) is 5.69 Å². The molecule has 4 nitrogen and oxygen atoms in total. The molecule has 1 heterocycles. The maximum atomic E-state index is 10.6. The Labute approximate surface area is 147 Å². The molecule has 0 spiro atoms. The van der Waals surface area contributed by atoms with Gasteiger partial charge in [-0.25, -0.2) is 0 Å². The Morgan fingerprint density at radius 1 is 1.04 bits per heavy atom. The Morgan fingerprint density at radius 2 is 1.50 bits per heavy atom. The summed E-state index contributed by atoms with van der Waals surface area (Å²) in [7, 11) is 1.60. The van der Waals surface area contributed by atoms with Crippen LogP contribution < -0.4 is 10.1 Å². The molecule has 134 valence electrons. The summed E-state index contributed by atoms with van der Waals surface area (Å²) >= 11 is 0. The Bertz CT molecular complexity index is 511. The minimum Gasteiger partial charge on any atom is -0.497 e. The zero-order valence-electron chi connectivity index (χ0n) is 16.1. The molecule has 0 aliphatic carbocycles. The van der Waals surface area contributed by atoms with E-state index in [1.165, 1.54) is 18.9 Å². The van der Waals surface area contributed by atoms with Crippen LogP contribution in [0.3, 0.4) is 0 Å². The monoisotopic (exact) mass is 332 g/mol. The highest BCUT2D eigenvalue weighted by molar-refractivity contribution is 5.88. The second kappa shape index (κ2) is 17.0. The molecule has 0 saturated heterocycles. The third-order valence-corrected chi connectivity index (χ3v) is 2.26. The predicted molar refractivity (Wildman–Crippen MR) is 104 cm³/mol. The van der Waals surface area contributed by atoms with Crippen LogP contribution in [0.2, 0.25) is 0 Å². The summed E-state index contributed by atoms with van der Waals surface area (Å²) in [5.41, 5.74) is 2.04. The van der Waals surface area contributed by atoms with E-state index in [-0.39, 0.29) is 5.91 Å². The van der Waals surface area contributed by atoms with Gasteiger partial charge in [-0.15, -0.1) is 0 Å². The minimum atomic E-state index is -0.0693. The molecule has 24 heavy (non-hydrogen) atoms. The van der Waals surface area contributed by atoms with E-state index in [0.717, 1.165) is 11.4 Å². The number of aromatic nitrogens is 1. The number of methoxy groups -OCH3 is 1. The van der Waals surface area contributed by atoms with E-state index < -0.39 is 0 Å². The van der Waals surface area contributed by atoms with Gasteiger partial charge in [-0.2, -0.15) is 0 Å². The highest BCUT2D eigenvalue weighted by Crippen LogP contribution is 2.14. The van der Waals surface area contributed by atoms with Crippen molar-refractivity contribution in [2.45, 2.75) is 48.0 Å². The number of carbonyl (C=O) groups is 1. The van der Waals surface area contributed by atoms with Crippen molar-refractivity contribution in [1.29, 1.82) is 0 Å². The smallest absolute Gasteiger partial charge is 0.221 e. The second-order valence-corrected chi connectivity index (χ2v) is 4.64. The van der Waals surface area contributed by atoms with Crippen molar-refractivity contribution in [3.63, 3.8) is 0 Å². The van der Waals surface area contributed by atoms with Gasteiger partial charge in [0.2, 0.25) is 5.91 Å². The van der Waals surface area contributed by atoms with Gasteiger partial charge < -0.3 is 10.1 Å². The number of hydrogen-bond acceptors (Lipinski definition) is 3. The van der Waals surface area contributed by atoms with Gasteiger partial charge in [0.05, 0.1) is 7.11 Å². The number of nitrogens with one attached hydrogen (secondary N) is 1. The molecule has 1 N–H and O–H groups in total. The third kappa shape index (κ3) is 14.6. The molecule has 0 aliphatic heterocycles. The van der Waals surface area contributed by atoms with Gasteiger partial charge in [-0.3, -0.25) is 9.78 Å². The fourth-order valence-electron chi connectivity index (χ4n) is 1.30. The number of pyridine rings is 1. The van der Waals surface area contributed by atoms with Crippen molar-refractivity contribution < 1.29 is 9.53 Å². The normalized spacial score (nSPS) is 8.12. The molecule has 0 radical (unpaired) electrons. The van der Waals surface area contributed by atoms with Crippen LogP contribution in [0.25, 0.3) is 0 Å². The number of anilines is 1. The predicted octanol–water partition coefficient (Wildman–Crippen LogP) is 5.49. The number of carbonyl (C=O) groups excluding carboxylic acids is 1. The molecule has 1 aromatic carbocycles. The fraction of sp³-hybridized carbons (Fsp3) is 0.400. The SMILES string of the molecule is CC.CCC.COc1ccc(NC(C)=O)cc1.Cc1ccncc1. The first-order chi connectivity index (χ1) is 11.5. The third-order valence-electron chi connectivity index (χ3n) is 2.26. The summed E-state index contributed by atoms with van der Waals surface area (Å²) in [6, 6.07) is 11.1. The Balaban J connectivity index is 0. The molecule has 4 heteroatoms. The number of ether oxygens (including phenoxy) is 1. The average Bonchev–Trinajstić information content (AvgIpc) is 2.59. The van der Waals surface area contributed by atoms with E-state index >= 15 is 0 Å². The van der Waals surface area contributed by atoms with Crippen molar-refractivity contribution in [2.24, 2.45) is 0 Å². The Hall–Kier alpha value is -2.36. The summed E-state index contributed by atoms with van der Waals surface area (Å²) in [6.45, 7) is 11.8. The fourth-order valence-corrected chi connectivity index (χ4v) is 1.30. The topological polar surface area (TPSA) is 51.2 Å². The number of rotatable bonds is 2. The maximum Gasteiger partial charge on any atom is 0.221 e. The highest BCUT2D eigenvalue weighted by atomic mass is 16.5. The van der Waals surface area contributed by atoms with Crippen molar-refractivity contribution in [2.75, 3.05) is 12.4 Å². The summed E-state index contributed by atoms with van der Waals surface area (Å²) in [5.74, 6) is 0.712. The largest absolute Gasteiger partial charge is 0.497 e. The first-order valence-electron chi connectivity index (χ1n) is 8.31. The molecule has 0 unspecified atom stereocenters.